The Hall–Kier alpha value is -1.73. The maximum Gasteiger partial charge on any atom is 0.123 e. The van der Waals surface area contributed by atoms with Crippen molar-refractivity contribution in [3.05, 3.63) is 23.8 Å². The second kappa shape index (κ2) is 5.99. The topological polar surface area (TPSA) is 68.3 Å². The monoisotopic (exact) mass is 220 g/mol. The minimum atomic E-state index is -0.204. The molecule has 16 heavy (non-hydrogen) atoms. The Balaban J connectivity index is 2.94. The fourth-order valence-corrected chi connectivity index (χ4v) is 1.50. The van der Waals surface area contributed by atoms with Gasteiger partial charge in [0.25, 0.3) is 0 Å². The smallest absolute Gasteiger partial charge is 0.123 e. The summed E-state index contributed by atoms with van der Waals surface area (Å²) in [5.74, 6) is 1.47. The summed E-state index contributed by atoms with van der Waals surface area (Å²) in [6.07, 6.45) is 1.04. The van der Waals surface area contributed by atoms with Gasteiger partial charge in [-0.2, -0.15) is 5.26 Å². The molecule has 1 aromatic rings. The van der Waals surface area contributed by atoms with E-state index in [0.29, 0.717) is 12.8 Å². The van der Waals surface area contributed by atoms with E-state index in [1.165, 1.54) is 0 Å². The molecule has 0 saturated heterocycles. The Labute approximate surface area is 95.6 Å². The van der Waals surface area contributed by atoms with Crippen molar-refractivity contribution in [2.75, 3.05) is 14.2 Å². The molecule has 0 aliphatic carbocycles. The van der Waals surface area contributed by atoms with E-state index in [4.69, 9.17) is 20.5 Å². The van der Waals surface area contributed by atoms with E-state index in [9.17, 15) is 0 Å². The molecular weight excluding hydrogens is 204 g/mol. The average molecular weight is 220 g/mol. The van der Waals surface area contributed by atoms with Crippen molar-refractivity contribution in [1.29, 1.82) is 5.26 Å². The van der Waals surface area contributed by atoms with E-state index in [1.54, 1.807) is 14.2 Å². The van der Waals surface area contributed by atoms with Crippen LogP contribution in [0.1, 0.15) is 24.4 Å². The predicted molar refractivity (Wildman–Crippen MR) is 61.3 cm³/mol. The lowest BCUT2D eigenvalue weighted by molar-refractivity contribution is 0.394. The van der Waals surface area contributed by atoms with Gasteiger partial charge in [0.1, 0.15) is 11.5 Å². The molecule has 4 nitrogen and oxygen atoms in total. The van der Waals surface area contributed by atoms with Crippen molar-refractivity contribution in [2.24, 2.45) is 5.73 Å². The van der Waals surface area contributed by atoms with E-state index in [1.807, 2.05) is 18.2 Å². The predicted octanol–water partition coefficient (Wildman–Crippen LogP) is 2.01. The summed E-state index contributed by atoms with van der Waals surface area (Å²) in [5.41, 5.74) is 6.87. The van der Waals surface area contributed by atoms with Gasteiger partial charge in [0, 0.05) is 18.0 Å². The molecule has 1 unspecified atom stereocenters. The van der Waals surface area contributed by atoms with Gasteiger partial charge in [-0.3, -0.25) is 0 Å². The highest BCUT2D eigenvalue weighted by molar-refractivity contribution is 5.42. The van der Waals surface area contributed by atoms with Gasteiger partial charge < -0.3 is 15.2 Å². The van der Waals surface area contributed by atoms with Gasteiger partial charge in [-0.25, -0.2) is 0 Å². The minimum Gasteiger partial charge on any atom is -0.497 e. The first-order valence-electron chi connectivity index (χ1n) is 5.07. The molecule has 0 bridgehead atoms. The summed E-state index contributed by atoms with van der Waals surface area (Å²) >= 11 is 0. The van der Waals surface area contributed by atoms with Gasteiger partial charge in [0.2, 0.25) is 0 Å². The van der Waals surface area contributed by atoms with Crippen LogP contribution in [0.5, 0.6) is 11.5 Å². The Morgan fingerprint density at radius 3 is 2.69 bits per heavy atom. The van der Waals surface area contributed by atoms with E-state index >= 15 is 0 Å². The third-order valence-electron chi connectivity index (χ3n) is 2.40. The van der Waals surface area contributed by atoms with Crippen molar-refractivity contribution >= 4 is 0 Å². The molecular formula is C12H16N2O2. The fraction of sp³-hybridized carbons (Fsp3) is 0.417. The standard InChI is InChI=1S/C12H16N2O2/c1-15-9-5-6-12(16-2)10(8-9)11(14)4-3-7-13/h5-6,8,11H,3-4,14H2,1-2H3. The second-order valence-corrected chi connectivity index (χ2v) is 3.41. The van der Waals surface area contributed by atoms with Crippen LogP contribution in [-0.2, 0) is 0 Å². The van der Waals surface area contributed by atoms with Crippen molar-refractivity contribution in [3.8, 4) is 17.6 Å². The number of rotatable bonds is 5. The second-order valence-electron chi connectivity index (χ2n) is 3.41. The maximum atomic E-state index is 8.53. The molecule has 0 radical (unpaired) electrons. The molecule has 2 N–H and O–H groups in total. The van der Waals surface area contributed by atoms with Crippen LogP contribution in [0, 0.1) is 11.3 Å². The Morgan fingerprint density at radius 1 is 1.38 bits per heavy atom. The number of hydrogen-bond acceptors (Lipinski definition) is 4. The normalized spacial score (nSPS) is 11.6. The van der Waals surface area contributed by atoms with Crippen LogP contribution < -0.4 is 15.2 Å². The van der Waals surface area contributed by atoms with E-state index in [0.717, 1.165) is 17.1 Å². The Morgan fingerprint density at radius 2 is 2.12 bits per heavy atom. The van der Waals surface area contributed by atoms with Crippen LogP contribution in [0.15, 0.2) is 18.2 Å². The molecule has 0 heterocycles. The highest BCUT2D eigenvalue weighted by Crippen LogP contribution is 2.30. The van der Waals surface area contributed by atoms with Gasteiger partial charge in [-0.15, -0.1) is 0 Å². The molecule has 0 aliphatic heterocycles. The molecule has 0 spiro atoms. The molecule has 0 saturated carbocycles. The highest BCUT2D eigenvalue weighted by atomic mass is 16.5. The largest absolute Gasteiger partial charge is 0.497 e. The summed E-state index contributed by atoms with van der Waals surface area (Å²) in [7, 11) is 3.20. The van der Waals surface area contributed by atoms with Gasteiger partial charge >= 0.3 is 0 Å². The summed E-state index contributed by atoms with van der Waals surface area (Å²) < 4.78 is 10.4. The van der Waals surface area contributed by atoms with E-state index in [2.05, 4.69) is 6.07 Å². The highest BCUT2D eigenvalue weighted by Gasteiger charge is 2.12. The number of methoxy groups -OCH3 is 2. The molecule has 0 aliphatic rings. The summed E-state index contributed by atoms with van der Waals surface area (Å²) in [4.78, 5) is 0. The first-order valence-corrected chi connectivity index (χ1v) is 5.07. The molecule has 0 aromatic heterocycles. The molecule has 0 fully saturated rings. The van der Waals surface area contributed by atoms with Crippen LogP contribution in [-0.4, -0.2) is 14.2 Å². The SMILES string of the molecule is COc1ccc(OC)c(C(N)CCC#N)c1. The quantitative estimate of drug-likeness (QED) is 0.824. The lowest BCUT2D eigenvalue weighted by atomic mass is 10.0. The zero-order valence-corrected chi connectivity index (χ0v) is 9.56. The first kappa shape index (κ1) is 12.3. The molecule has 1 rings (SSSR count). The number of nitrogens with zero attached hydrogens (tertiary/aromatic N) is 1. The van der Waals surface area contributed by atoms with Crippen molar-refractivity contribution < 1.29 is 9.47 Å². The van der Waals surface area contributed by atoms with Gasteiger partial charge in [0.05, 0.1) is 20.3 Å². The third-order valence-corrected chi connectivity index (χ3v) is 2.40. The van der Waals surface area contributed by atoms with Crippen LogP contribution in [0.25, 0.3) is 0 Å². The van der Waals surface area contributed by atoms with Crippen LogP contribution in [0.2, 0.25) is 0 Å². The number of nitrogens with two attached hydrogens (primary N) is 1. The zero-order valence-electron chi connectivity index (χ0n) is 9.56. The molecule has 4 heteroatoms. The zero-order chi connectivity index (χ0) is 12.0. The number of hydrogen-bond donors (Lipinski definition) is 1. The summed E-state index contributed by atoms with van der Waals surface area (Å²) in [6.45, 7) is 0. The number of ether oxygens (including phenoxy) is 2. The Bertz CT molecular complexity index is 385. The van der Waals surface area contributed by atoms with Crippen LogP contribution in [0.4, 0.5) is 0 Å². The fourth-order valence-electron chi connectivity index (χ4n) is 1.50. The lowest BCUT2D eigenvalue weighted by Crippen LogP contribution is -2.11. The van der Waals surface area contributed by atoms with Crippen LogP contribution in [0.3, 0.4) is 0 Å². The van der Waals surface area contributed by atoms with Crippen molar-refractivity contribution in [2.45, 2.75) is 18.9 Å². The van der Waals surface area contributed by atoms with E-state index < -0.39 is 0 Å². The number of nitriles is 1. The van der Waals surface area contributed by atoms with Gasteiger partial charge in [-0.05, 0) is 24.6 Å². The summed E-state index contributed by atoms with van der Waals surface area (Å²) in [5, 5.41) is 8.53. The third kappa shape index (κ3) is 2.88. The van der Waals surface area contributed by atoms with E-state index in [-0.39, 0.29) is 6.04 Å². The van der Waals surface area contributed by atoms with Gasteiger partial charge in [-0.1, -0.05) is 0 Å². The first-order chi connectivity index (χ1) is 7.72. The van der Waals surface area contributed by atoms with Crippen molar-refractivity contribution in [3.63, 3.8) is 0 Å². The average Bonchev–Trinajstić information content (AvgIpc) is 2.35. The number of benzene rings is 1. The van der Waals surface area contributed by atoms with Crippen LogP contribution >= 0.6 is 0 Å². The molecule has 1 aromatic carbocycles. The minimum absolute atomic E-state index is 0.204. The van der Waals surface area contributed by atoms with Gasteiger partial charge in [0.15, 0.2) is 0 Å². The lowest BCUT2D eigenvalue weighted by Gasteiger charge is -2.15. The molecule has 86 valence electrons. The molecule has 1 atom stereocenters. The molecule has 0 amide bonds. The maximum absolute atomic E-state index is 8.53. The summed E-state index contributed by atoms with van der Waals surface area (Å²) in [6, 6.07) is 7.37. The Kier molecular flexibility index (Phi) is 4.62. The van der Waals surface area contributed by atoms with Crippen molar-refractivity contribution in [1.82, 2.24) is 0 Å².